The third-order valence-corrected chi connectivity index (χ3v) is 5.95. The molecule has 0 aliphatic carbocycles. The molecule has 0 saturated heterocycles. The molecule has 4 aromatic carbocycles. The molecule has 0 spiro atoms. The zero-order valence-electron chi connectivity index (χ0n) is 18.3. The Morgan fingerprint density at radius 2 is 1.56 bits per heavy atom. The van der Waals surface area contributed by atoms with Crippen molar-refractivity contribution in [1.29, 1.82) is 0 Å². The van der Waals surface area contributed by atoms with Crippen LogP contribution in [0.5, 0.6) is 5.75 Å². The van der Waals surface area contributed by atoms with E-state index in [4.69, 9.17) is 39.5 Å². The van der Waals surface area contributed by atoms with Crippen LogP contribution in [0.2, 0.25) is 15.1 Å². The molecule has 0 aliphatic rings. The van der Waals surface area contributed by atoms with Crippen molar-refractivity contribution in [2.45, 2.75) is 0 Å². The molecule has 0 atom stereocenters. The van der Waals surface area contributed by atoms with Gasteiger partial charge in [0.2, 0.25) is 0 Å². The fraction of sp³-hybridized carbons (Fsp3) is 0. The van der Waals surface area contributed by atoms with E-state index in [-0.39, 0.29) is 10.8 Å². The number of hydrazone groups is 1. The van der Waals surface area contributed by atoms with Gasteiger partial charge in [0.15, 0.2) is 0 Å². The molecule has 0 unspecified atom stereocenters. The molecule has 0 radical (unpaired) electrons. The van der Waals surface area contributed by atoms with E-state index < -0.39 is 17.8 Å². The first kappa shape index (κ1) is 25.2. The number of fused-ring (bicyclic) bond motifs is 1. The van der Waals surface area contributed by atoms with Gasteiger partial charge >= 0.3 is 17.8 Å². The molecule has 0 bridgehead atoms. The number of hydrogen-bond donors (Lipinski definition) is 2. The van der Waals surface area contributed by atoms with Crippen LogP contribution in [0.15, 0.2) is 84.0 Å². The van der Waals surface area contributed by atoms with Crippen LogP contribution < -0.4 is 15.5 Å². The summed E-state index contributed by atoms with van der Waals surface area (Å²) >= 11 is 17.7. The molecular weight excluding hydrogens is 525 g/mol. The van der Waals surface area contributed by atoms with Gasteiger partial charge in [0, 0.05) is 16.3 Å². The number of rotatable bonds is 5. The average Bonchev–Trinajstić information content (AvgIpc) is 2.87. The summed E-state index contributed by atoms with van der Waals surface area (Å²) in [5.74, 6) is -2.36. The largest absolute Gasteiger partial charge is 0.422 e. The van der Waals surface area contributed by atoms with E-state index >= 15 is 0 Å². The number of halogens is 3. The number of carbonyl (C=O) groups excluding carboxylic acids is 3. The third-order valence-electron chi connectivity index (χ3n) is 4.96. The fourth-order valence-corrected chi connectivity index (χ4v) is 3.63. The van der Waals surface area contributed by atoms with Crippen molar-refractivity contribution in [2.24, 2.45) is 5.10 Å². The molecule has 0 aromatic heterocycles. The summed E-state index contributed by atoms with van der Waals surface area (Å²) in [6.07, 6.45) is 1.30. The van der Waals surface area contributed by atoms with E-state index in [0.717, 1.165) is 10.8 Å². The number of nitrogens with zero attached hydrogens (tertiary/aromatic N) is 1. The van der Waals surface area contributed by atoms with E-state index in [9.17, 15) is 14.4 Å². The SMILES string of the molecule is O=C(N/N=C\c1c(OC(=O)c2ccc(Cl)cc2)ccc2ccccc12)C(=O)Nc1ccc(Cl)c(Cl)c1. The number of anilines is 1. The van der Waals surface area contributed by atoms with E-state index in [0.29, 0.717) is 26.9 Å². The summed E-state index contributed by atoms with van der Waals surface area (Å²) in [6.45, 7) is 0. The van der Waals surface area contributed by atoms with Crippen LogP contribution >= 0.6 is 34.8 Å². The van der Waals surface area contributed by atoms with Crippen molar-refractivity contribution < 1.29 is 19.1 Å². The number of hydrogen-bond acceptors (Lipinski definition) is 5. The van der Waals surface area contributed by atoms with Gasteiger partial charge < -0.3 is 10.1 Å². The summed E-state index contributed by atoms with van der Waals surface area (Å²) in [6, 6.07) is 21.4. The van der Waals surface area contributed by atoms with Crippen LogP contribution in [0, 0.1) is 0 Å². The van der Waals surface area contributed by atoms with E-state index in [1.807, 2.05) is 24.3 Å². The van der Waals surface area contributed by atoms with Crippen LogP contribution in [0.25, 0.3) is 10.8 Å². The Morgan fingerprint density at radius 1 is 0.806 bits per heavy atom. The quantitative estimate of drug-likeness (QED) is 0.105. The molecule has 4 rings (SSSR count). The first-order valence-corrected chi connectivity index (χ1v) is 11.5. The van der Waals surface area contributed by atoms with Gasteiger partial charge in [-0.3, -0.25) is 9.59 Å². The number of amides is 2. The van der Waals surface area contributed by atoms with Crippen LogP contribution in [-0.4, -0.2) is 24.0 Å². The van der Waals surface area contributed by atoms with Crippen LogP contribution in [0.3, 0.4) is 0 Å². The number of ether oxygens (including phenoxy) is 1. The predicted molar refractivity (Wildman–Crippen MR) is 141 cm³/mol. The molecule has 0 heterocycles. The highest BCUT2D eigenvalue weighted by Crippen LogP contribution is 2.28. The number of carbonyl (C=O) groups is 3. The van der Waals surface area contributed by atoms with Crippen LogP contribution in [-0.2, 0) is 9.59 Å². The lowest BCUT2D eigenvalue weighted by atomic mass is 10.0. The summed E-state index contributed by atoms with van der Waals surface area (Å²) in [7, 11) is 0. The maximum absolute atomic E-state index is 12.7. The third kappa shape index (κ3) is 6.01. The van der Waals surface area contributed by atoms with Gasteiger partial charge in [0.25, 0.3) is 0 Å². The van der Waals surface area contributed by atoms with Crippen molar-refractivity contribution in [3.63, 3.8) is 0 Å². The standard InChI is InChI=1S/C26H16Cl3N3O4/c27-17-8-5-16(6-9-17)26(35)36-23-12-7-15-3-1-2-4-19(15)20(23)14-30-32-25(34)24(33)31-18-10-11-21(28)22(29)13-18/h1-14H,(H,31,33)(H,32,34)/b30-14-. The van der Waals surface area contributed by atoms with E-state index in [1.165, 1.54) is 24.4 Å². The van der Waals surface area contributed by atoms with Gasteiger partial charge in [-0.2, -0.15) is 5.10 Å². The van der Waals surface area contributed by atoms with E-state index in [1.54, 1.807) is 36.4 Å². The van der Waals surface area contributed by atoms with Gasteiger partial charge in [0.05, 0.1) is 21.8 Å². The summed E-state index contributed by atoms with van der Waals surface area (Å²) in [5, 5.41) is 8.90. The smallest absolute Gasteiger partial charge is 0.343 e. The van der Waals surface area contributed by atoms with Gasteiger partial charge in [-0.1, -0.05) is 65.1 Å². The molecule has 0 fully saturated rings. The summed E-state index contributed by atoms with van der Waals surface area (Å²) in [4.78, 5) is 37.1. The average molecular weight is 541 g/mol. The van der Waals surface area contributed by atoms with Crippen molar-refractivity contribution in [3.8, 4) is 5.75 Å². The molecule has 10 heteroatoms. The lowest BCUT2D eigenvalue weighted by Crippen LogP contribution is -2.32. The zero-order chi connectivity index (χ0) is 25.7. The molecular formula is C26H16Cl3N3O4. The zero-order valence-corrected chi connectivity index (χ0v) is 20.6. The lowest BCUT2D eigenvalue weighted by molar-refractivity contribution is -0.136. The van der Waals surface area contributed by atoms with Crippen molar-refractivity contribution in [1.82, 2.24) is 5.43 Å². The molecule has 2 N–H and O–H groups in total. The Kier molecular flexibility index (Phi) is 7.85. The predicted octanol–water partition coefficient (Wildman–Crippen LogP) is 6.11. The van der Waals surface area contributed by atoms with Crippen molar-refractivity contribution >= 4 is 75.3 Å². The highest BCUT2D eigenvalue weighted by molar-refractivity contribution is 6.43. The monoisotopic (exact) mass is 539 g/mol. The first-order valence-electron chi connectivity index (χ1n) is 10.4. The summed E-state index contributed by atoms with van der Waals surface area (Å²) in [5.41, 5.74) is 3.19. The van der Waals surface area contributed by atoms with Crippen molar-refractivity contribution in [3.05, 3.63) is 105 Å². The van der Waals surface area contributed by atoms with Gasteiger partial charge in [-0.05, 0) is 59.3 Å². The van der Waals surface area contributed by atoms with Crippen LogP contribution in [0.1, 0.15) is 15.9 Å². The first-order chi connectivity index (χ1) is 17.3. The number of benzene rings is 4. The maximum atomic E-state index is 12.7. The molecule has 180 valence electrons. The second-order valence-electron chi connectivity index (χ2n) is 7.38. The fourth-order valence-electron chi connectivity index (χ4n) is 3.21. The molecule has 4 aromatic rings. The molecule has 0 saturated carbocycles. The van der Waals surface area contributed by atoms with Crippen LogP contribution in [0.4, 0.5) is 5.69 Å². The highest BCUT2D eigenvalue weighted by atomic mass is 35.5. The number of esters is 1. The molecule has 2 amide bonds. The number of nitrogens with one attached hydrogen (secondary N) is 2. The lowest BCUT2D eigenvalue weighted by Gasteiger charge is -2.10. The normalized spacial score (nSPS) is 10.9. The van der Waals surface area contributed by atoms with Crippen molar-refractivity contribution in [2.75, 3.05) is 5.32 Å². The minimum absolute atomic E-state index is 0.215. The Balaban J connectivity index is 1.53. The maximum Gasteiger partial charge on any atom is 0.343 e. The summed E-state index contributed by atoms with van der Waals surface area (Å²) < 4.78 is 5.60. The Labute approximate surface area is 220 Å². The Morgan fingerprint density at radius 3 is 2.31 bits per heavy atom. The van der Waals surface area contributed by atoms with Gasteiger partial charge in [-0.15, -0.1) is 0 Å². The second kappa shape index (κ2) is 11.2. The molecule has 0 aliphatic heterocycles. The topological polar surface area (TPSA) is 96.9 Å². The van der Waals surface area contributed by atoms with E-state index in [2.05, 4.69) is 15.8 Å². The second-order valence-corrected chi connectivity index (χ2v) is 8.63. The minimum Gasteiger partial charge on any atom is -0.422 e. The van der Waals surface area contributed by atoms with Gasteiger partial charge in [0.1, 0.15) is 5.75 Å². The molecule has 7 nitrogen and oxygen atoms in total. The minimum atomic E-state index is -1.02. The Hall–Kier alpha value is -3.91. The highest BCUT2D eigenvalue weighted by Gasteiger charge is 2.16. The molecule has 36 heavy (non-hydrogen) atoms. The Bertz CT molecular complexity index is 1500. The van der Waals surface area contributed by atoms with Gasteiger partial charge in [-0.25, -0.2) is 10.2 Å².